The molecule has 168 valence electrons. The molecule has 0 radical (unpaired) electrons. The maximum Gasteiger partial charge on any atom is 0.243 e. The molecule has 33 heavy (non-hydrogen) atoms. The SMILES string of the molecule is O=C(/C=C/c1ccccc1)NCCCCCc1nc2ccccc2n1Cc1cccc(Br)c1. The van der Waals surface area contributed by atoms with Gasteiger partial charge >= 0.3 is 0 Å². The highest BCUT2D eigenvalue weighted by molar-refractivity contribution is 9.10. The van der Waals surface area contributed by atoms with Gasteiger partial charge in [0.25, 0.3) is 0 Å². The molecule has 3 aromatic carbocycles. The maximum absolute atomic E-state index is 12.0. The minimum atomic E-state index is -0.0466. The Kier molecular flexibility index (Phi) is 8.09. The van der Waals surface area contributed by atoms with Crippen molar-refractivity contribution < 1.29 is 4.79 Å². The van der Waals surface area contributed by atoms with Gasteiger partial charge in [-0.1, -0.05) is 76.9 Å². The lowest BCUT2D eigenvalue weighted by Crippen LogP contribution is -2.22. The fraction of sp³-hybridized carbons (Fsp3) is 0.214. The highest BCUT2D eigenvalue weighted by Gasteiger charge is 2.11. The fourth-order valence-electron chi connectivity index (χ4n) is 3.90. The summed E-state index contributed by atoms with van der Waals surface area (Å²) in [6.07, 6.45) is 7.40. The lowest BCUT2D eigenvalue weighted by Gasteiger charge is -2.10. The number of nitrogens with zero attached hydrogens (tertiary/aromatic N) is 2. The monoisotopic (exact) mass is 501 g/mol. The van der Waals surface area contributed by atoms with Crippen LogP contribution in [0.15, 0.2) is 89.4 Å². The third-order valence-electron chi connectivity index (χ3n) is 5.57. The van der Waals surface area contributed by atoms with Gasteiger partial charge in [-0.15, -0.1) is 0 Å². The van der Waals surface area contributed by atoms with Crippen molar-refractivity contribution >= 4 is 38.9 Å². The minimum absolute atomic E-state index is 0.0466. The topological polar surface area (TPSA) is 46.9 Å². The molecule has 0 atom stereocenters. The van der Waals surface area contributed by atoms with E-state index in [-0.39, 0.29) is 5.91 Å². The van der Waals surface area contributed by atoms with E-state index in [2.05, 4.69) is 62.2 Å². The molecule has 4 aromatic rings. The van der Waals surface area contributed by atoms with Crippen molar-refractivity contribution in [1.82, 2.24) is 14.9 Å². The van der Waals surface area contributed by atoms with E-state index in [4.69, 9.17) is 4.98 Å². The third-order valence-corrected chi connectivity index (χ3v) is 6.06. The lowest BCUT2D eigenvalue weighted by atomic mass is 10.1. The van der Waals surface area contributed by atoms with E-state index in [0.717, 1.165) is 53.6 Å². The van der Waals surface area contributed by atoms with Gasteiger partial charge in [0.05, 0.1) is 11.0 Å². The van der Waals surface area contributed by atoms with Crippen molar-refractivity contribution in [3.8, 4) is 0 Å². The van der Waals surface area contributed by atoms with E-state index in [9.17, 15) is 4.79 Å². The number of benzene rings is 3. The Balaban J connectivity index is 1.28. The summed E-state index contributed by atoms with van der Waals surface area (Å²) in [4.78, 5) is 16.9. The number of hydrogen-bond donors (Lipinski definition) is 1. The van der Waals surface area contributed by atoms with Crippen molar-refractivity contribution in [1.29, 1.82) is 0 Å². The zero-order chi connectivity index (χ0) is 22.9. The van der Waals surface area contributed by atoms with E-state index < -0.39 is 0 Å². The molecule has 1 heterocycles. The largest absolute Gasteiger partial charge is 0.353 e. The van der Waals surface area contributed by atoms with Crippen LogP contribution in [0.1, 0.15) is 36.2 Å². The molecule has 1 aromatic heterocycles. The molecular weight excluding hydrogens is 474 g/mol. The second-order valence-corrected chi connectivity index (χ2v) is 8.99. The summed E-state index contributed by atoms with van der Waals surface area (Å²) in [5.74, 6) is 1.07. The number of amides is 1. The molecule has 0 aliphatic rings. The van der Waals surface area contributed by atoms with Crippen LogP contribution in [0.3, 0.4) is 0 Å². The van der Waals surface area contributed by atoms with E-state index in [0.29, 0.717) is 6.54 Å². The van der Waals surface area contributed by atoms with Crippen LogP contribution in [0.5, 0.6) is 0 Å². The second kappa shape index (κ2) is 11.6. The molecule has 0 bridgehead atoms. The Hall–Kier alpha value is -3.18. The molecule has 0 unspecified atom stereocenters. The molecule has 0 saturated carbocycles. The van der Waals surface area contributed by atoms with E-state index in [1.54, 1.807) is 6.08 Å². The number of halogens is 1. The van der Waals surface area contributed by atoms with Gasteiger partial charge in [0.1, 0.15) is 5.82 Å². The number of para-hydroxylation sites is 2. The number of fused-ring (bicyclic) bond motifs is 1. The normalized spacial score (nSPS) is 11.3. The van der Waals surface area contributed by atoms with Gasteiger partial charge in [0.2, 0.25) is 5.91 Å². The van der Waals surface area contributed by atoms with Crippen molar-refractivity contribution in [2.45, 2.75) is 32.2 Å². The average Bonchev–Trinajstić information content (AvgIpc) is 3.18. The van der Waals surface area contributed by atoms with Crippen LogP contribution in [-0.4, -0.2) is 22.0 Å². The van der Waals surface area contributed by atoms with Gasteiger partial charge in [-0.2, -0.15) is 0 Å². The zero-order valence-corrected chi connectivity index (χ0v) is 20.2. The number of carbonyl (C=O) groups excluding carboxylic acids is 1. The van der Waals surface area contributed by atoms with Crippen LogP contribution in [0.4, 0.5) is 0 Å². The number of imidazole rings is 1. The second-order valence-electron chi connectivity index (χ2n) is 8.08. The molecule has 1 N–H and O–H groups in total. The minimum Gasteiger partial charge on any atom is -0.353 e. The first kappa shape index (κ1) is 23.0. The highest BCUT2D eigenvalue weighted by Crippen LogP contribution is 2.21. The fourth-order valence-corrected chi connectivity index (χ4v) is 4.35. The summed E-state index contributed by atoms with van der Waals surface area (Å²) in [5, 5.41) is 2.97. The molecule has 1 amide bonds. The Morgan fingerprint density at radius 2 is 1.76 bits per heavy atom. The quantitative estimate of drug-likeness (QED) is 0.202. The van der Waals surface area contributed by atoms with Crippen LogP contribution in [0.2, 0.25) is 0 Å². The zero-order valence-electron chi connectivity index (χ0n) is 18.6. The van der Waals surface area contributed by atoms with Crippen LogP contribution in [0, 0.1) is 0 Å². The summed E-state index contributed by atoms with van der Waals surface area (Å²) < 4.78 is 3.42. The van der Waals surface area contributed by atoms with Gasteiger partial charge in [-0.3, -0.25) is 4.79 Å². The van der Waals surface area contributed by atoms with Gasteiger partial charge in [-0.25, -0.2) is 4.98 Å². The predicted octanol–water partition coefficient (Wildman–Crippen LogP) is 6.39. The number of aryl methyl sites for hydroxylation is 1. The Labute approximate surface area is 203 Å². The number of rotatable bonds is 10. The van der Waals surface area contributed by atoms with Crippen LogP contribution < -0.4 is 5.32 Å². The summed E-state index contributed by atoms with van der Waals surface area (Å²) >= 11 is 3.57. The molecule has 0 saturated heterocycles. The number of hydrogen-bond acceptors (Lipinski definition) is 2. The number of unbranched alkanes of at least 4 members (excludes halogenated alkanes) is 2. The maximum atomic E-state index is 12.0. The van der Waals surface area contributed by atoms with Gasteiger partial charge < -0.3 is 9.88 Å². The van der Waals surface area contributed by atoms with Gasteiger partial charge in [-0.05, 0) is 54.3 Å². The van der Waals surface area contributed by atoms with Crippen LogP contribution in [-0.2, 0) is 17.8 Å². The third kappa shape index (κ3) is 6.65. The van der Waals surface area contributed by atoms with Crippen LogP contribution in [0.25, 0.3) is 17.1 Å². The van der Waals surface area contributed by atoms with Crippen molar-refractivity contribution in [3.63, 3.8) is 0 Å². The first-order chi connectivity index (χ1) is 16.2. The van der Waals surface area contributed by atoms with E-state index in [1.807, 2.05) is 48.5 Å². The summed E-state index contributed by atoms with van der Waals surface area (Å²) in [6, 6.07) is 26.6. The number of carbonyl (C=O) groups is 1. The molecule has 0 spiro atoms. The van der Waals surface area contributed by atoms with E-state index >= 15 is 0 Å². The van der Waals surface area contributed by atoms with Crippen molar-refractivity contribution in [2.75, 3.05) is 6.54 Å². The van der Waals surface area contributed by atoms with Crippen molar-refractivity contribution in [3.05, 3.63) is 106 Å². The molecule has 0 aliphatic carbocycles. The first-order valence-electron chi connectivity index (χ1n) is 11.4. The molecular formula is C28H28BrN3O. The van der Waals surface area contributed by atoms with Gasteiger partial charge in [0.15, 0.2) is 0 Å². The molecule has 5 heteroatoms. The first-order valence-corrected chi connectivity index (χ1v) is 12.2. The van der Waals surface area contributed by atoms with E-state index in [1.165, 1.54) is 11.1 Å². The number of nitrogens with one attached hydrogen (secondary N) is 1. The molecule has 4 rings (SSSR count). The summed E-state index contributed by atoms with van der Waals surface area (Å²) in [5.41, 5.74) is 4.49. The molecule has 4 nitrogen and oxygen atoms in total. The Morgan fingerprint density at radius 1 is 0.939 bits per heavy atom. The Bertz CT molecular complexity index is 1230. The Morgan fingerprint density at radius 3 is 2.61 bits per heavy atom. The molecule has 0 fully saturated rings. The average molecular weight is 502 g/mol. The standard InChI is InChI=1S/C28H28BrN3O/c29-24-13-9-12-23(20-24)21-32-26-15-7-6-14-25(26)31-27(32)16-5-2-8-19-30-28(33)18-17-22-10-3-1-4-11-22/h1,3-4,6-7,9-15,17-18,20H,2,5,8,16,19,21H2,(H,30,33)/b18-17+. The van der Waals surface area contributed by atoms with Crippen LogP contribution >= 0.6 is 15.9 Å². The highest BCUT2D eigenvalue weighted by atomic mass is 79.9. The summed E-state index contributed by atoms with van der Waals surface area (Å²) in [7, 11) is 0. The smallest absolute Gasteiger partial charge is 0.243 e. The number of aromatic nitrogens is 2. The molecule has 0 aliphatic heterocycles. The van der Waals surface area contributed by atoms with Crippen molar-refractivity contribution in [2.24, 2.45) is 0 Å². The lowest BCUT2D eigenvalue weighted by molar-refractivity contribution is -0.116. The van der Waals surface area contributed by atoms with Gasteiger partial charge in [0, 0.05) is 30.1 Å². The summed E-state index contributed by atoms with van der Waals surface area (Å²) in [6.45, 7) is 1.49. The predicted molar refractivity (Wildman–Crippen MR) is 139 cm³/mol.